The van der Waals surface area contributed by atoms with Crippen molar-refractivity contribution in [3.63, 3.8) is 0 Å². The quantitative estimate of drug-likeness (QED) is 0.268. The van der Waals surface area contributed by atoms with Gasteiger partial charge in [-0.2, -0.15) is 0 Å². The van der Waals surface area contributed by atoms with E-state index < -0.39 is 17.4 Å². The Morgan fingerprint density at radius 2 is 1.76 bits per heavy atom. The molecule has 3 atom stereocenters. The number of aliphatic carboxylic acids is 1. The summed E-state index contributed by atoms with van der Waals surface area (Å²) in [7, 11) is 0. The molecule has 1 spiro atoms. The SMILES string of the molecule is CC(C)(C)CCC(c1ccc(C(=O)NCCC(=O)O)cc1)N1C(=O)C(c2ccc(F)c(Cl)c2)=NC12CCCC(CC(C)(C)C)CC2. The van der Waals surface area contributed by atoms with Crippen LogP contribution in [0.3, 0.4) is 0 Å². The normalized spacial score (nSPS) is 21.2. The first-order valence-corrected chi connectivity index (χ1v) is 16.8. The summed E-state index contributed by atoms with van der Waals surface area (Å²) < 4.78 is 14.2. The van der Waals surface area contributed by atoms with E-state index in [1.165, 1.54) is 12.1 Å². The van der Waals surface area contributed by atoms with Gasteiger partial charge >= 0.3 is 5.97 Å². The molecule has 7 nitrogen and oxygen atoms in total. The molecule has 0 saturated heterocycles. The highest BCUT2D eigenvalue weighted by molar-refractivity contribution is 6.47. The molecular formula is C37H49ClFN3O4. The molecule has 2 aromatic rings. The number of nitrogens with zero attached hydrogens (tertiary/aromatic N) is 2. The Hall–Kier alpha value is -3.26. The Labute approximate surface area is 278 Å². The number of nitrogens with one attached hydrogen (secondary N) is 1. The monoisotopic (exact) mass is 653 g/mol. The fourth-order valence-corrected chi connectivity index (χ4v) is 7.11. The number of benzene rings is 2. The van der Waals surface area contributed by atoms with Crippen molar-refractivity contribution < 1.29 is 23.9 Å². The van der Waals surface area contributed by atoms with Gasteiger partial charge in [0, 0.05) is 17.7 Å². The summed E-state index contributed by atoms with van der Waals surface area (Å²) in [6.07, 6.45) is 6.91. The molecule has 1 fully saturated rings. The maximum Gasteiger partial charge on any atom is 0.305 e. The average Bonchev–Trinajstić information content (AvgIpc) is 3.09. The zero-order chi connectivity index (χ0) is 33.9. The molecule has 46 heavy (non-hydrogen) atoms. The summed E-state index contributed by atoms with van der Waals surface area (Å²) in [4.78, 5) is 45.5. The standard InChI is InChI=1S/C37H49ClFN3O4/c1-35(2,3)19-16-30(25-9-11-26(12-10-25)33(45)40-21-17-31(43)44)42-34(46)32(27-13-14-29(39)28(38)22-27)41-37(42)18-7-8-24(15-20-37)23-36(4,5)6/h9-14,22,24,30H,7-8,15-21,23H2,1-6H3,(H,40,45)(H,43,44). The van der Waals surface area contributed by atoms with Crippen molar-refractivity contribution in [1.82, 2.24) is 10.2 Å². The van der Waals surface area contributed by atoms with Crippen LogP contribution in [0.4, 0.5) is 4.39 Å². The first kappa shape index (κ1) is 35.6. The number of amides is 2. The first-order valence-electron chi connectivity index (χ1n) is 16.5. The molecule has 250 valence electrons. The van der Waals surface area contributed by atoms with Crippen molar-refractivity contribution in [2.75, 3.05) is 6.54 Å². The lowest BCUT2D eigenvalue weighted by molar-refractivity contribution is -0.137. The number of rotatable bonds is 10. The predicted octanol–water partition coefficient (Wildman–Crippen LogP) is 8.60. The fraction of sp³-hybridized carbons (Fsp3) is 0.568. The minimum absolute atomic E-state index is 0.00752. The van der Waals surface area contributed by atoms with E-state index in [1.54, 1.807) is 18.2 Å². The lowest BCUT2D eigenvalue weighted by Crippen LogP contribution is -2.49. The van der Waals surface area contributed by atoms with Gasteiger partial charge in [-0.15, -0.1) is 0 Å². The molecule has 1 heterocycles. The number of hydrogen-bond donors (Lipinski definition) is 2. The van der Waals surface area contributed by atoms with E-state index in [1.807, 2.05) is 17.0 Å². The van der Waals surface area contributed by atoms with E-state index in [-0.39, 0.29) is 46.7 Å². The predicted molar refractivity (Wildman–Crippen MR) is 181 cm³/mol. The van der Waals surface area contributed by atoms with E-state index in [9.17, 15) is 18.8 Å². The molecule has 2 aromatic carbocycles. The minimum Gasteiger partial charge on any atom is -0.481 e. The van der Waals surface area contributed by atoms with Gasteiger partial charge in [-0.1, -0.05) is 71.7 Å². The number of aliphatic imine (C=N–C) groups is 1. The van der Waals surface area contributed by atoms with Gasteiger partial charge in [0.15, 0.2) is 0 Å². The molecule has 0 aromatic heterocycles. The highest BCUT2D eigenvalue weighted by atomic mass is 35.5. The summed E-state index contributed by atoms with van der Waals surface area (Å²) in [6, 6.07) is 11.3. The van der Waals surface area contributed by atoms with E-state index in [0.29, 0.717) is 29.2 Å². The van der Waals surface area contributed by atoms with E-state index in [2.05, 4.69) is 46.9 Å². The molecule has 0 bridgehead atoms. The Morgan fingerprint density at radius 1 is 1.07 bits per heavy atom. The third-order valence-corrected chi connectivity index (χ3v) is 9.38. The molecular weight excluding hydrogens is 605 g/mol. The van der Waals surface area contributed by atoms with Crippen LogP contribution >= 0.6 is 11.6 Å². The Kier molecular flexibility index (Phi) is 11.0. The summed E-state index contributed by atoms with van der Waals surface area (Å²) in [5.74, 6) is -1.53. The van der Waals surface area contributed by atoms with Gasteiger partial charge in [-0.05, 0) is 97.6 Å². The number of carbonyl (C=O) groups is 3. The van der Waals surface area contributed by atoms with Crippen LogP contribution < -0.4 is 5.32 Å². The molecule has 1 aliphatic carbocycles. The highest BCUT2D eigenvalue weighted by Gasteiger charge is 2.51. The van der Waals surface area contributed by atoms with Crippen LogP contribution in [0.2, 0.25) is 5.02 Å². The first-order chi connectivity index (χ1) is 21.5. The molecule has 2 aliphatic rings. The van der Waals surface area contributed by atoms with Crippen LogP contribution in [0, 0.1) is 22.6 Å². The van der Waals surface area contributed by atoms with Crippen molar-refractivity contribution in [2.45, 2.75) is 111 Å². The number of carboxylic acids is 1. The second kappa shape index (κ2) is 14.2. The molecule has 9 heteroatoms. The Morgan fingerprint density at radius 3 is 2.37 bits per heavy atom. The van der Waals surface area contributed by atoms with Crippen molar-refractivity contribution in [3.05, 3.63) is 70.0 Å². The molecule has 1 saturated carbocycles. The molecule has 1 aliphatic heterocycles. The zero-order valence-electron chi connectivity index (χ0n) is 28.1. The number of halogens is 2. The second-order valence-corrected chi connectivity index (χ2v) is 15.9. The molecule has 2 N–H and O–H groups in total. The third kappa shape index (κ3) is 8.96. The van der Waals surface area contributed by atoms with E-state index in [4.69, 9.17) is 21.7 Å². The van der Waals surface area contributed by atoms with Crippen molar-refractivity contribution in [3.8, 4) is 0 Å². The van der Waals surface area contributed by atoms with Crippen LogP contribution in [-0.2, 0) is 9.59 Å². The lowest BCUT2D eigenvalue weighted by atomic mass is 9.81. The van der Waals surface area contributed by atoms with Gasteiger partial charge in [0.05, 0.1) is 17.5 Å². The van der Waals surface area contributed by atoms with Crippen LogP contribution in [0.15, 0.2) is 47.5 Å². The smallest absolute Gasteiger partial charge is 0.305 e. The van der Waals surface area contributed by atoms with Gasteiger partial charge in [-0.25, -0.2) is 4.39 Å². The van der Waals surface area contributed by atoms with Crippen LogP contribution in [0.25, 0.3) is 0 Å². The maximum absolute atomic E-state index is 14.6. The lowest BCUT2D eigenvalue weighted by Gasteiger charge is -2.42. The summed E-state index contributed by atoms with van der Waals surface area (Å²) in [5.41, 5.74) is 1.60. The number of carbonyl (C=O) groups excluding carboxylic acids is 2. The number of hydrogen-bond acceptors (Lipinski definition) is 4. The fourth-order valence-electron chi connectivity index (χ4n) is 6.93. The Balaban J connectivity index is 1.75. The highest BCUT2D eigenvalue weighted by Crippen LogP contribution is 2.48. The second-order valence-electron chi connectivity index (χ2n) is 15.4. The van der Waals surface area contributed by atoms with Crippen molar-refractivity contribution in [2.24, 2.45) is 21.7 Å². The van der Waals surface area contributed by atoms with Crippen LogP contribution in [0.5, 0.6) is 0 Å². The van der Waals surface area contributed by atoms with Crippen LogP contribution in [0.1, 0.15) is 127 Å². The van der Waals surface area contributed by atoms with E-state index in [0.717, 1.165) is 50.5 Å². The number of carboxylic acid groups (broad SMARTS) is 1. The van der Waals surface area contributed by atoms with Crippen molar-refractivity contribution in [1.29, 1.82) is 0 Å². The molecule has 0 radical (unpaired) electrons. The average molecular weight is 654 g/mol. The summed E-state index contributed by atoms with van der Waals surface area (Å²) in [6.45, 7) is 13.4. The van der Waals surface area contributed by atoms with Crippen LogP contribution in [-0.4, -0.2) is 45.7 Å². The van der Waals surface area contributed by atoms with Gasteiger partial charge in [0.25, 0.3) is 11.8 Å². The topological polar surface area (TPSA) is 99.1 Å². The van der Waals surface area contributed by atoms with Gasteiger partial charge < -0.3 is 15.3 Å². The Bertz CT molecular complexity index is 1460. The summed E-state index contributed by atoms with van der Waals surface area (Å²) in [5, 5.41) is 11.5. The largest absolute Gasteiger partial charge is 0.481 e. The molecule has 4 rings (SSSR count). The van der Waals surface area contributed by atoms with Gasteiger partial charge in [0.1, 0.15) is 17.2 Å². The van der Waals surface area contributed by atoms with Gasteiger partial charge in [0.2, 0.25) is 0 Å². The summed E-state index contributed by atoms with van der Waals surface area (Å²) >= 11 is 6.19. The van der Waals surface area contributed by atoms with Gasteiger partial charge in [-0.3, -0.25) is 19.4 Å². The maximum atomic E-state index is 14.6. The zero-order valence-corrected chi connectivity index (χ0v) is 28.8. The van der Waals surface area contributed by atoms with Crippen molar-refractivity contribution >= 4 is 35.1 Å². The third-order valence-electron chi connectivity index (χ3n) is 9.09. The minimum atomic E-state index is -0.978. The molecule has 3 unspecified atom stereocenters. The van der Waals surface area contributed by atoms with E-state index >= 15 is 0 Å². The molecule has 2 amide bonds.